The number of rotatable bonds is 6. The van der Waals surface area contributed by atoms with Crippen LogP contribution >= 0.6 is 0 Å². The Balaban J connectivity index is 1.57. The summed E-state index contributed by atoms with van der Waals surface area (Å²) in [6, 6.07) is 3.27. The molecule has 5 rings (SSSR count). The summed E-state index contributed by atoms with van der Waals surface area (Å²) in [4.78, 5) is 26.5. The van der Waals surface area contributed by atoms with Crippen molar-refractivity contribution in [1.29, 1.82) is 0 Å². The molecule has 2 fully saturated rings. The molecular formula is C25H32N2O7. The van der Waals surface area contributed by atoms with Crippen molar-refractivity contribution in [3.63, 3.8) is 0 Å². The summed E-state index contributed by atoms with van der Waals surface area (Å²) in [6.45, 7) is 4.54. The van der Waals surface area contributed by atoms with Gasteiger partial charge >= 0.3 is 5.97 Å². The molecule has 1 aromatic carbocycles. The van der Waals surface area contributed by atoms with Gasteiger partial charge in [-0.15, -0.1) is 0 Å². The lowest BCUT2D eigenvalue weighted by Gasteiger charge is -2.59. The number of benzene rings is 1. The Kier molecular flexibility index (Phi) is 5.33. The molecule has 34 heavy (non-hydrogen) atoms. The molecular weight excluding hydrogens is 440 g/mol. The van der Waals surface area contributed by atoms with Gasteiger partial charge < -0.3 is 30.1 Å². The fraction of sp³-hybridized carbons (Fsp3) is 0.600. The number of carbonyl (C=O) groups is 2. The number of ether oxygens (including phenoxy) is 2. The highest BCUT2D eigenvalue weighted by Crippen LogP contribution is 2.63. The minimum Gasteiger partial charge on any atom is -0.508 e. The molecule has 1 spiro atoms. The Morgan fingerprint density at radius 3 is 2.74 bits per heavy atom. The van der Waals surface area contributed by atoms with Crippen LogP contribution < -0.4 is 10.1 Å². The van der Waals surface area contributed by atoms with Gasteiger partial charge in [-0.05, 0) is 63.6 Å². The maximum absolute atomic E-state index is 12.7. The van der Waals surface area contributed by atoms with Gasteiger partial charge in [0.1, 0.15) is 12.3 Å². The maximum Gasteiger partial charge on any atom is 0.325 e. The number of nitrogens with zero attached hydrogens (tertiary/aromatic N) is 1. The normalized spacial score (nSPS) is 32.4. The lowest BCUT2D eigenvalue weighted by Crippen LogP contribution is -2.73. The molecule has 184 valence electrons. The van der Waals surface area contributed by atoms with Crippen LogP contribution in [-0.2, 0) is 26.2 Å². The highest BCUT2D eigenvalue weighted by Gasteiger charge is 2.69. The van der Waals surface area contributed by atoms with E-state index < -0.39 is 29.0 Å². The van der Waals surface area contributed by atoms with E-state index in [-0.39, 0.29) is 35.4 Å². The third-order valence-electron chi connectivity index (χ3n) is 8.34. The highest BCUT2D eigenvalue weighted by molar-refractivity contribution is 5.95. The monoisotopic (exact) mass is 472 g/mol. The van der Waals surface area contributed by atoms with Crippen LogP contribution in [0.4, 0.5) is 0 Å². The number of fused-ring (bicyclic) bond motifs is 1. The number of aromatic hydroxyl groups is 1. The minimum absolute atomic E-state index is 0.0181. The first kappa shape index (κ1) is 23.0. The van der Waals surface area contributed by atoms with Crippen molar-refractivity contribution in [2.45, 2.75) is 62.7 Å². The summed E-state index contributed by atoms with van der Waals surface area (Å²) in [7, 11) is 1.22. The first-order chi connectivity index (χ1) is 16.1. The number of phenolic OH excluding ortho intramolecular Hbond substituents is 1. The summed E-state index contributed by atoms with van der Waals surface area (Å²) in [5, 5.41) is 36.5. The molecule has 2 aliphatic heterocycles. The maximum atomic E-state index is 12.7. The lowest BCUT2D eigenvalue weighted by atomic mass is 9.53. The van der Waals surface area contributed by atoms with Crippen molar-refractivity contribution >= 4 is 11.9 Å². The number of phenols is 1. The Bertz CT molecular complexity index is 1080. The average Bonchev–Trinajstić information content (AvgIpc) is 3.55. The number of likely N-dealkylation sites (tertiary alicyclic amines) is 1. The van der Waals surface area contributed by atoms with Crippen molar-refractivity contribution in [3.05, 3.63) is 34.6 Å². The van der Waals surface area contributed by atoms with Crippen LogP contribution in [-0.4, -0.2) is 76.6 Å². The van der Waals surface area contributed by atoms with Gasteiger partial charge in [-0.25, -0.2) is 0 Å². The molecule has 2 aliphatic carbocycles. The van der Waals surface area contributed by atoms with Gasteiger partial charge in [0, 0.05) is 18.2 Å². The van der Waals surface area contributed by atoms with Gasteiger partial charge in [0.15, 0.2) is 17.6 Å². The molecule has 9 heteroatoms. The zero-order valence-electron chi connectivity index (χ0n) is 19.8. The van der Waals surface area contributed by atoms with Crippen LogP contribution in [0.15, 0.2) is 23.5 Å². The Labute approximate surface area is 198 Å². The van der Waals surface area contributed by atoms with Crippen LogP contribution in [0.1, 0.15) is 44.2 Å². The summed E-state index contributed by atoms with van der Waals surface area (Å²) < 4.78 is 10.7. The second-order valence-electron chi connectivity index (χ2n) is 10.2. The van der Waals surface area contributed by atoms with E-state index in [1.54, 1.807) is 13.0 Å². The van der Waals surface area contributed by atoms with Crippen molar-refractivity contribution < 1.29 is 34.4 Å². The molecule has 0 unspecified atom stereocenters. The molecule has 2 bridgehead atoms. The van der Waals surface area contributed by atoms with Crippen LogP contribution in [0.2, 0.25) is 0 Å². The molecule has 0 radical (unpaired) electrons. The van der Waals surface area contributed by atoms with E-state index in [1.165, 1.54) is 26.9 Å². The van der Waals surface area contributed by atoms with Crippen molar-refractivity contribution in [1.82, 2.24) is 10.2 Å². The molecule has 9 nitrogen and oxygen atoms in total. The molecule has 4 aliphatic rings. The zero-order valence-corrected chi connectivity index (χ0v) is 19.8. The van der Waals surface area contributed by atoms with Gasteiger partial charge in [-0.2, -0.15) is 0 Å². The number of hydrogen-bond donors (Lipinski definition) is 4. The molecule has 1 saturated heterocycles. The topological polar surface area (TPSA) is 129 Å². The van der Waals surface area contributed by atoms with Gasteiger partial charge in [0.05, 0.1) is 23.7 Å². The molecule has 1 aromatic rings. The molecule has 4 N–H and O–H groups in total. The molecule has 4 atom stereocenters. The van der Waals surface area contributed by atoms with Gasteiger partial charge in [-0.1, -0.05) is 6.07 Å². The standard InChI is InChI=1S/C25H32N2O7/c1-13(23(31)26-11-18(29)33-3)20(30)22-25-8-9-27(12-14-4-5-14)17(24(25,2)32)10-15-6-7-16(28)21(34-22)19(15)25/h6-7,14,17,22,28,30,32H,4-5,8-12H2,1-3H3,(H,26,31)/b20-13-/t17-,22+,24-,25+/m1/s1. The first-order valence-corrected chi connectivity index (χ1v) is 11.8. The highest BCUT2D eigenvalue weighted by atomic mass is 16.5. The van der Waals surface area contributed by atoms with E-state index in [2.05, 4.69) is 15.0 Å². The fourth-order valence-corrected chi connectivity index (χ4v) is 6.24. The number of nitrogens with one attached hydrogen (secondary N) is 1. The number of amides is 1. The predicted molar refractivity (Wildman–Crippen MR) is 122 cm³/mol. The van der Waals surface area contributed by atoms with E-state index in [1.807, 2.05) is 6.07 Å². The third kappa shape index (κ3) is 3.20. The predicted octanol–water partition coefficient (Wildman–Crippen LogP) is 1.30. The summed E-state index contributed by atoms with van der Waals surface area (Å²) in [5.41, 5.74) is -0.636. The quantitative estimate of drug-likeness (QED) is 0.277. The van der Waals surface area contributed by atoms with Crippen LogP contribution in [0.3, 0.4) is 0 Å². The number of piperidine rings is 1. The van der Waals surface area contributed by atoms with E-state index in [4.69, 9.17) is 4.74 Å². The number of aliphatic hydroxyl groups is 2. The smallest absolute Gasteiger partial charge is 0.325 e. The number of methoxy groups -OCH3 is 1. The molecule has 1 amide bonds. The fourth-order valence-electron chi connectivity index (χ4n) is 6.24. The molecule has 0 aromatic heterocycles. The van der Waals surface area contributed by atoms with Crippen molar-refractivity contribution in [3.8, 4) is 11.5 Å². The summed E-state index contributed by atoms with van der Waals surface area (Å²) >= 11 is 0. The first-order valence-electron chi connectivity index (χ1n) is 11.8. The van der Waals surface area contributed by atoms with Gasteiger partial charge in [0.2, 0.25) is 0 Å². The zero-order chi connectivity index (χ0) is 24.4. The van der Waals surface area contributed by atoms with E-state index >= 15 is 0 Å². The second-order valence-corrected chi connectivity index (χ2v) is 10.2. The Hall–Kier alpha value is -2.78. The third-order valence-corrected chi connectivity index (χ3v) is 8.34. The lowest BCUT2D eigenvalue weighted by molar-refractivity contribution is -0.153. The number of aliphatic hydroxyl groups excluding tert-OH is 1. The van der Waals surface area contributed by atoms with Crippen LogP contribution in [0.25, 0.3) is 0 Å². The number of esters is 1. The van der Waals surface area contributed by atoms with Crippen LogP contribution in [0.5, 0.6) is 11.5 Å². The number of hydrogen-bond acceptors (Lipinski definition) is 8. The summed E-state index contributed by atoms with van der Waals surface area (Å²) in [6.07, 6.45) is 2.47. The summed E-state index contributed by atoms with van der Waals surface area (Å²) in [5.74, 6) is -0.713. The van der Waals surface area contributed by atoms with Crippen molar-refractivity contribution in [2.24, 2.45) is 5.92 Å². The van der Waals surface area contributed by atoms with Gasteiger partial charge in [0.25, 0.3) is 5.91 Å². The SMILES string of the molecule is COC(=O)CNC(=O)/C(C)=C(\O)[C@@H]1Oc2c(O)ccc3c2[C@@]12CCN(CC1CC1)[C@H](C3)[C@@]2(C)O. The molecule has 2 heterocycles. The Morgan fingerprint density at radius 2 is 2.06 bits per heavy atom. The van der Waals surface area contributed by atoms with Crippen LogP contribution in [0, 0.1) is 5.92 Å². The van der Waals surface area contributed by atoms with Crippen molar-refractivity contribution in [2.75, 3.05) is 26.7 Å². The van der Waals surface area contributed by atoms with E-state index in [0.717, 1.165) is 17.7 Å². The number of carbonyl (C=O) groups excluding carboxylic acids is 2. The van der Waals surface area contributed by atoms with E-state index in [9.17, 15) is 24.9 Å². The molecule has 1 saturated carbocycles. The minimum atomic E-state index is -1.28. The van der Waals surface area contributed by atoms with E-state index in [0.29, 0.717) is 25.3 Å². The second kappa shape index (κ2) is 7.88. The average molecular weight is 473 g/mol. The largest absolute Gasteiger partial charge is 0.508 e. The van der Waals surface area contributed by atoms with Gasteiger partial charge in [-0.3, -0.25) is 14.5 Å². The Morgan fingerprint density at radius 1 is 1.32 bits per heavy atom.